The lowest BCUT2D eigenvalue weighted by Crippen LogP contribution is -2.60. The molecule has 1 aromatic heterocycles. The number of carbonyl (C=O) groups excluding carboxylic acids is 3. The van der Waals surface area contributed by atoms with Gasteiger partial charge in [0.1, 0.15) is 18.1 Å². The van der Waals surface area contributed by atoms with Crippen LogP contribution in [0.4, 0.5) is 0 Å². The average Bonchev–Trinajstić information content (AvgIpc) is 3.21. The van der Waals surface area contributed by atoms with Gasteiger partial charge in [-0.2, -0.15) is 0 Å². The molecule has 0 saturated carbocycles. The van der Waals surface area contributed by atoms with E-state index in [1.54, 1.807) is 13.8 Å². The van der Waals surface area contributed by atoms with Crippen LogP contribution in [0.5, 0.6) is 0 Å². The molecule has 0 saturated heterocycles. The van der Waals surface area contributed by atoms with E-state index in [4.69, 9.17) is 5.73 Å². The van der Waals surface area contributed by atoms with Crippen molar-refractivity contribution < 1.29 is 29.4 Å². The van der Waals surface area contributed by atoms with E-state index in [0.29, 0.717) is 12.1 Å². The van der Waals surface area contributed by atoms with Crippen molar-refractivity contribution in [2.45, 2.75) is 77.7 Å². The highest BCUT2D eigenvalue weighted by molar-refractivity contribution is 5.94. The number of carbonyl (C=O) groups is 4. The van der Waals surface area contributed by atoms with Gasteiger partial charge in [-0.05, 0) is 25.2 Å². The third-order valence-corrected chi connectivity index (χ3v) is 4.97. The van der Waals surface area contributed by atoms with E-state index in [0.717, 1.165) is 0 Å². The maximum Gasteiger partial charge on any atom is 0.326 e. The van der Waals surface area contributed by atoms with Crippen LogP contribution in [-0.2, 0) is 25.6 Å². The Bertz CT molecular complexity index is 795. The molecule has 5 unspecified atom stereocenters. The van der Waals surface area contributed by atoms with E-state index in [1.165, 1.54) is 19.4 Å². The summed E-state index contributed by atoms with van der Waals surface area (Å²) in [5.74, 6) is -3.64. The van der Waals surface area contributed by atoms with E-state index in [1.807, 2.05) is 13.8 Å². The fourth-order valence-corrected chi connectivity index (χ4v) is 3.13. The van der Waals surface area contributed by atoms with E-state index >= 15 is 0 Å². The number of aromatic nitrogens is 2. The number of aliphatic hydroxyl groups is 1. The Morgan fingerprint density at radius 2 is 1.61 bits per heavy atom. The average molecular weight is 469 g/mol. The summed E-state index contributed by atoms with van der Waals surface area (Å²) in [6.07, 6.45) is 2.01. The normalized spacial score (nSPS) is 15.9. The summed E-state index contributed by atoms with van der Waals surface area (Å²) in [5, 5.41) is 26.7. The maximum atomic E-state index is 13.0. The van der Waals surface area contributed by atoms with Crippen LogP contribution in [0, 0.1) is 11.8 Å². The molecule has 8 N–H and O–H groups in total. The molecular formula is C21H36N6O6. The molecule has 186 valence electrons. The maximum absolute atomic E-state index is 13.0. The van der Waals surface area contributed by atoms with Crippen LogP contribution in [0.1, 0.15) is 46.7 Å². The molecule has 5 atom stereocenters. The highest BCUT2D eigenvalue weighted by Crippen LogP contribution is 2.07. The van der Waals surface area contributed by atoms with Crippen LogP contribution in [0.3, 0.4) is 0 Å². The van der Waals surface area contributed by atoms with Gasteiger partial charge in [-0.25, -0.2) is 9.78 Å². The van der Waals surface area contributed by atoms with Crippen molar-refractivity contribution in [1.82, 2.24) is 25.9 Å². The largest absolute Gasteiger partial charge is 0.480 e. The SMILES string of the molecule is CC(C)CC(N)C(=O)NC(Cc1cnc[nH]1)C(=O)NC(C(=O)NC(C(=O)O)C(C)C)C(C)O. The first-order valence-corrected chi connectivity index (χ1v) is 10.9. The van der Waals surface area contributed by atoms with Crippen LogP contribution < -0.4 is 21.7 Å². The van der Waals surface area contributed by atoms with Crippen molar-refractivity contribution in [2.75, 3.05) is 0 Å². The molecule has 0 aliphatic carbocycles. The quantitative estimate of drug-likeness (QED) is 0.189. The molecule has 12 nitrogen and oxygen atoms in total. The van der Waals surface area contributed by atoms with Crippen LogP contribution in [0.15, 0.2) is 12.5 Å². The predicted molar refractivity (Wildman–Crippen MR) is 120 cm³/mol. The Morgan fingerprint density at radius 3 is 2.06 bits per heavy atom. The van der Waals surface area contributed by atoms with E-state index in [9.17, 15) is 29.4 Å². The molecule has 0 aliphatic rings. The zero-order chi connectivity index (χ0) is 25.3. The van der Waals surface area contributed by atoms with Gasteiger partial charge in [-0.1, -0.05) is 27.7 Å². The number of amides is 3. The lowest BCUT2D eigenvalue weighted by atomic mass is 10.0. The third kappa shape index (κ3) is 9.18. The van der Waals surface area contributed by atoms with Crippen molar-refractivity contribution in [3.63, 3.8) is 0 Å². The first-order chi connectivity index (χ1) is 15.3. The number of nitrogens with zero attached hydrogens (tertiary/aromatic N) is 1. The van der Waals surface area contributed by atoms with Gasteiger partial charge in [0, 0.05) is 18.3 Å². The highest BCUT2D eigenvalue weighted by atomic mass is 16.4. The fourth-order valence-electron chi connectivity index (χ4n) is 3.13. The van der Waals surface area contributed by atoms with Crippen molar-refractivity contribution in [2.24, 2.45) is 17.6 Å². The van der Waals surface area contributed by atoms with E-state index in [-0.39, 0.29) is 12.3 Å². The van der Waals surface area contributed by atoms with Crippen molar-refractivity contribution in [1.29, 1.82) is 0 Å². The van der Waals surface area contributed by atoms with E-state index < -0.39 is 59.9 Å². The number of aliphatic hydroxyl groups excluding tert-OH is 1. The first-order valence-electron chi connectivity index (χ1n) is 10.9. The molecule has 12 heteroatoms. The number of rotatable bonds is 13. The zero-order valence-electron chi connectivity index (χ0n) is 19.7. The number of aromatic amines is 1. The second kappa shape index (κ2) is 12.9. The smallest absolute Gasteiger partial charge is 0.326 e. The van der Waals surface area contributed by atoms with E-state index in [2.05, 4.69) is 25.9 Å². The molecule has 1 aromatic rings. The monoisotopic (exact) mass is 468 g/mol. The van der Waals surface area contributed by atoms with Crippen molar-refractivity contribution >= 4 is 23.7 Å². The van der Waals surface area contributed by atoms with Gasteiger partial charge in [-0.3, -0.25) is 14.4 Å². The zero-order valence-corrected chi connectivity index (χ0v) is 19.7. The summed E-state index contributed by atoms with van der Waals surface area (Å²) < 4.78 is 0. The number of carboxylic acid groups (broad SMARTS) is 1. The number of hydrogen-bond donors (Lipinski definition) is 7. The summed E-state index contributed by atoms with van der Waals surface area (Å²) in [7, 11) is 0. The molecule has 0 radical (unpaired) electrons. The van der Waals surface area contributed by atoms with Gasteiger partial charge >= 0.3 is 5.97 Å². The van der Waals surface area contributed by atoms with Crippen LogP contribution in [-0.4, -0.2) is 74.1 Å². The van der Waals surface area contributed by atoms with Crippen molar-refractivity contribution in [3.8, 4) is 0 Å². The molecular weight excluding hydrogens is 432 g/mol. The topological polar surface area (TPSA) is 200 Å². The summed E-state index contributed by atoms with van der Waals surface area (Å²) in [6.45, 7) is 8.35. The number of hydrogen-bond acceptors (Lipinski definition) is 7. The first kappa shape index (κ1) is 28.0. The second-order valence-corrected chi connectivity index (χ2v) is 8.87. The molecule has 33 heavy (non-hydrogen) atoms. The Labute approximate surface area is 193 Å². The van der Waals surface area contributed by atoms with Gasteiger partial charge < -0.3 is 36.9 Å². The van der Waals surface area contributed by atoms with Gasteiger partial charge in [0.05, 0.1) is 18.5 Å². The van der Waals surface area contributed by atoms with Crippen LogP contribution >= 0.6 is 0 Å². The molecule has 1 heterocycles. The molecule has 0 bridgehead atoms. The summed E-state index contributed by atoms with van der Waals surface area (Å²) in [6, 6.07) is -4.60. The molecule has 0 aromatic carbocycles. The predicted octanol–water partition coefficient (Wildman–Crippen LogP) is -1.10. The molecule has 0 aliphatic heterocycles. The minimum absolute atomic E-state index is 0.0316. The second-order valence-electron chi connectivity index (χ2n) is 8.87. The number of imidazole rings is 1. The summed E-state index contributed by atoms with van der Waals surface area (Å²) in [5.41, 5.74) is 6.48. The molecule has 0 spiro atoms. The molecule has 0 fully saturated rings. The van der Waals surface area contributed by atoms with Crippen LogP contribution in [0.25, 0.3) is 0 Å². The van der Waals surface area contributed by atoms with Gasteiger partial charge in [-0.15, -0.1) is 0 Å². The number of aliphatic carboxylic acids is 1. The fraction of sp³-hybridized carbons (Fsp3) is 0.667. The van der Waals surface area contributed by atoms with Gasteiger partial charge in [0.15, 0.2) is 0 Å². The molecule has 1 rings (SSSR count). The lowest BCUT2D eigenvalue weighted by Gasteiger charge is -2.27. The minimum Gasteiger partial charge on any atom is -0.480 e. The Balaban J connectivity index is 3.02. The number of H-pyrrole nitrogens is 1. The lowest BCUT2D eigenvalue weighted by molar-refractivity contribution is -0.144. The Hall–Kier alpha value is -2.99. The number of nitrogens with one attached hydrogen (secondary N) is 4. The minimum atomic E-state index is -1.44. The Kier molecular flexibility index (Phi) is 11.0. The van der Waals surface area contributed by atoms with Crippen molar-refractivity contribution in [3.05, 3.63) is 18.2 Å². The Morgan fingerprint density at radius 1 is 1.00 bits per heavy atom. The van der Waals surface area contributed by atoms with Gasteiger partial charge in [0.2, 0.25) is 17.7 Å². The summed E-state index contributed by atoms with van der Waals surface area (Å²) >= 11 is 0. The summed E-state index contributed by atoms with van der Waals surface area (Å²) in [4.78, 5) is 56.3. The number of nitrogens with two attached hydrogens (primary N) is 1. The third-order valence-electron chi connectivity index (χ3n) is 4.97. The number of carboxylic acids is 1. The highest BCUT2D eigenvalue weighted by Gasteiger charge is 2.33. The molecule has 3 amide bonds. The standard InChI is InChI=1S/C21H36N6O6/c1-10(2)6-14(22)18(29)25-15(7-13-8-23-9-24-13)19(30)27-17(12(5)28)20(31)26-16(11(3)4)21(32)33/h8-12,14-17,28H,6-7,22H2,1-5H3,(H,23,24)(H,25,29)(H,26,31)(H,27,30)(H,32,33). The van der Waals surface area contributed by atoms with Crippen LogP contribution in [0.2, 0.25) is 0 Å². The van der Waals surface area contributed by atoms with Gasteiger partial charge in [0.25, 0.3) is 0 Å².